The summed E-state index contributed by atoms with van der Waals surface area (Å²) in [5.74, 6) is -0.719. The van der Waals surface area contributed by atoms with Crippen LogP contribution in [0, 0.1) is 3.57 Å². The van der Waals surface area contributed by atoms with Crippen LogP contribution in [0.5, 0.6) is 11.6 Å². The molecule has 0 aromatic carbocycles. The molecular weight excluding hydrogens is 361 g/mol. The molecule has 0 spiro atoms. The lowest BCUT2D eigenvalue weighted by Crippen LogP contribution is -2.19. The standard InChI is InChI=1S/C8H6ClF3INO2/c1-15-6-4(2-9)5(13)3-14-7(6)16-8(10,11)12/h3H,2H2,1H3. The molecule has 0 saturated heterocycles. The van der Waals surface area contributed by atoms with Crippen molar-refractivity contribution >= 4 is 34.2 Å². The number of ether oxygens (including phenoxy) is 2. The molecule has 0 fully saturated rings. The minimum absolute atomic E-state index is 0.0121. The quantitative estimate of drug-likeness (QED) is 0.607. The second-order valence-corrected chi connectivity index (χ2v) is 4.03. The van der Waals surface area contributed by atoms with E-state index < -0.39 is 12.2 Å². The highest BCUT2D eigenvalue weighted by molar-refractivity contribution is 14.1. The van der Waals surface area contributed by atoms with Crippen molar-refractivity contribution < 1.29 is 22.6 Å². The van der Waals surface area contributed by atoms with Gasteiger partial charge in [-0.1, -0.05) is 0 Å². The smallest absolute Gasteiger partial charge is 0.491 e. The molecule has 0 bridgehead atoms. The zero-order chi connectivity index (χ0) is 12.3. The number of alkyl halides is 4. The Morgan fingerprint density at radius 2 is 2.12 bits per heavy atom. The van der Waals surface area contributed by atoms with Gasteiger partial charge in [0.05, 0.1) is 13.0 Å². The first kappa shape index (κ1) is 13.6. The number of nitrogens with zero attached hydrogens (tertiary/aromatic N) is 1. The Kier molecular flexibility index (Phi) is 4.48. The zero-order valence-electron chi connectivity index (χ0n) is 7.94. The summed E-state index contributed by atoms with van der Waals surface area (Å²) in [6, 6.07) is 0. The molecule has 0 aliphatic carbocycles. The third-order valence-electron chi connectivity index (χ3n) is 1.60. The summed E-state index contributed by atoms with van der Waals surface area (Å²) >= 11 is 7.51. The van der Waals surface area contributed by atoms with Crippen LogP contribution in [0.1, 0.15) is 5.56 Å². The Morgan fingerprint density at radius 3 is 2.56 bits per heavy atom. The van der Waals surface area contributed by atoms with Crippen molar-refractivity contribution in [2.45, 2.75) is 12.2 Å². The van der Waals surface area contributed by atoms with E-state index >= 15 is 0 Å². The highest BCUT2D eigenvalue weighted by Crippen LogP contribution is 2.35. The average molecular weight is 367 g/mol. The van der Waals surface area contributed by atoms with Crippen LogP contribution in [0.15, 0.2) is 6.20 Å². The molecule has 0 aliphatic rings. The fourth-order valence-corrected chi connectivity index (χ4v) is 2.07. The normalized spacial score (nSPS) is 11.4. The van der Waals surface area contributed by atoms with Gasteiger partial charge in [-0.2, -0.15) is 0 Å². The van der Waals surface area contributed by atoms with Gasteiger partial charge in [-0.25, -0.2) is 4.98 Å². The number of methoxy groups -OCH3 is 1. The number of hydrogen-bond acceptors (Lipinski definition) is 3. The lowest BCUT2D eigenvalue weighted by Gasteiger charge is -2.14. The predicted molar refractivity (Wildman–Crippen MR) is 59.7 cm³/mol. The Labute approximate surface area is 108 Å². The van der Waals surface area contributed by atoms with Gasteiger partial charge in [-0.3, -0.25) is 0 Å². The van der Waals surface area contributed by atoms with Crippen molar-refractivity contribution in [2.75, 3.05) is 7.11 Å². The van der Waals surface area contributed by atoms with Gasteiger partial charge in [0.25, 0.3) is 5.88 Å². The van der Waals surface area contributed by atoms with E-state index in [2.05, 4.69) is 9.72 Å². The van der Waals surface area contributed by atoms with Crippen LogP contribution in [-0.4, -0.2) is 18.5 Å². The second-order valence-electron chi connectivity index (χ2n) is 2.60. The fraction of sp³-hybridized carbons (Fsp3) is 0.375. The van der Waals surface area contributed by atoms with Crippen LogP contribution < -0.4 is 9.47 Å². The van der Waals surface area contributed by atoms with E-state index in [1.807, 2.05) is 22.6 Å². The van der Waals surface area contributed by atoms with E-state index in [0.29, 0.717) is 9.13 Å². The summed E-state index contributed by atoms with van der Waals surface area (Å²) in [5, 5.41) is 0. The molecule has 8 heteroatoms. The summed E-state index contributed by atoms with van der Waals surface area (Å²) in [7, 11) is 1.23. The van der Waals surface area contributed by atoms with E-state index in [1.165, 1.54) is 13.3 Å². The summed E-state index contributed by atoms with van der Waals surface area (Å²) in [5.41, 5.74) is 0.416. The van der Waals surface area contributed by atoms with Gasteiger partial charge >= 0.3 is 6.36 Å². The molecule has 0 unspecified atom stereocenters. The predicted octanol–water partition coefficient (Wildman–Crippen LogP) is 3.33. The van der Waals surface area contributed by atoms with Crippen molar-refractivity contribution in [3.05, 3.63) is 15.3 Å². The first-order valence-electron chi connectivity index (χ1n) is 3.92. The van der Waals surface area contributed by atoms with Crippen molar-refractivity contribution in [1.82, 2.24) is 4.98 Å². The summed E-state index contributed by atoms with van der Waals surface area (Å²) in [4.78, 5) is 3.51. The lowest BCUT2D eigenvalue weighted by atomic mass is 10.3. The monoisotopic (exact) mass is 367 g/mol. The highest BCUT2D eigenvalue weighted by Gasteiger charge is 2.34. The summed E-state index contributed by atoms with van der Waals surface area (Å²) < 4.78 is 45.3. The SMILES string of the molecule is COc1c(OC(F)(F)F)ncc(I)c1CCl. The maximum absolute atomic E-state index is 12.0. The fourth-order valence-electron chi connectivity index (χ4n) is 1.01. The molecule has 1 rings (SSSR count). The Bertz CT molecular complexity index is 386. The van der Waals surface area contributed by atoms with Gasteiger partial charge < -0.3 is 9.47 Å². The molecule has 0 aliphatic heterocycles. The molecule has 1 aromatic rings. The first-order valence-corrected chi connectivity index (χ1v) is 5.53. The molecular formula is C8H6ClF3INO2. The molecule has 0 radical (unpaired) electrons. The maximum Gasteiger partial charge on any atom is 0.574 e. The van der Waals surface area contributed by atoms with E-state index in [9.17, 15) is 13.2 Å². The first-order chi connectivity index (χ1) is 7.39. The van der Waals surface area contributed by atoms with Crippen LogP contribution in [0.3, 0.4) is 0 Å². The summed E-state index contributed by atoms with van der Waals surface area (Å²) in [6.07, 6.45) is -3.57. The number of aromatic nitrogens is 1. The molecule has 0 saturated carbocycles. The zero-order valence-corrected chi connectivity index (χ0v) is 10.9. The van der Waals surface area contributed by atoms with Crippen molar-refractivity contribution in [2.24, 2.45) is 0 Å². The number of halogens is 5. The van der Waals surface area contributed by atoms with E-state index in [-0.39, 0.29) is 11.6 Å². The number of pyridine rings is 1. The molecule has 90 valence electrons. The molecule has 1 heterocycles. The molecule has 1 aromatic heterocycles. The van der Waals surface area contributed by atoms with Gasteiger partial charge in [0, 0.05) is 15.3 Å². The largest absolute Gasteiger partial charge is 0.574 e. The van der Waals surface area contributed by atoms with Crippen molar-refractivity contribution in [3.63, 3.8) is 0 Å². The topological polar surface area (TPSA) is 31.4 Å². The number of hydrogen-bond donors (Lipinski definition) is 0. The minimum Gasteiger partial charge on any atom is -0.491 e. The van der Waals surface area contributed by atoms with Crippen molar-refractivity contribution in [3.8, 4) is 11.6 Å². The van der Waals surface area contributed by atoms with Gasteiger partial charge in [0.15, 0.2) is 5.75 Å². The van der Waals surface area contributed by atoms with Gasteiger partial charge in [0.1, 0.15) is 0 Å². The van der Waals surface area contributed by atoms with Crippen molar-refractivity contribution in [1.29, 1.82) is 0 Å². The van der Waals surface area contributed by atoms with Gasteiger partial charge in [-0.15, -0.1) is 24.8 Å². The van der Waals surface area contributed by atoms with Crippen LogP contribution >= 0.6 is 34.2 Å². The molecule has 0 N–H and O–H groups in total. The minimum atomic E-state index is -4.81. The van der Waals surface area contributed by atoms with E-state index in [1.54, 1.807) is 0 Å². The molecule has 0 amide bonds. The van der Waals surface area contributed by atoms with Gasteiger partial charge in [0.2, 0.25) is 0 Å². The van der Waals surface area contributed by atoms with Crippen LogP contribution in [0.4, 0.5) is 13.2 Å². The van der Waals surface area contributed by atoms with E-state index in [4.69, 9.17) is 16.3 Å². The Hall–Kier alpha value is -0.440. The van der Waals surface area contributed by atoms with Gasteiger partial charge in [-0.05, 0) is 22.6 Å². The highest BCUT2D eigenvalue weighted by atomic mass is 127. The molecule has 16 heavy (non-hydrogen) atoms. The lowest BCUT2D eigenvalue weighted by molar-refractivity contribution is -0.276. The average Bonchev–Trinajstić information content (AvgIpc) is 2.18. The maximum atomic E-state index is 12.0. The third kappa shape index (κ3) is 3.27. The summed E-state index contributed by atoms with van der Waals surface area (Å²) in [6.45, 7) is 0. The number of rotatable bonds is 3. The third-order valence-corrected chi connectivity index (χ3v) is 2.80. The second kappa shape index (κ2) is 5.26. The van der Waals surface area contributed by atoms with Crippen LogP contribution in [0.25, 0.3) is 0 Å². The van der Waals surface area contributed by atoms with Crippen LogP contribution in [0.2, 0.25) is 0 Å². The molecule has 0 atom stereocenters. The van der Waals surface area contributed by atoms with Crippen LogP contribution in [-0.2, 0) is 5.88 Å². The van der Waals surface area contributed by atoms with E-state index in [0.717, 1.165) is 0 Å². The Balaban J connectivity index is 3.19. The Morgan fingerprint density at radius 1 is 1.50 bits per heavy atom. The molecule has 3 nitrogen and oxygen atoms in total.